The quantitative estimate of drug-likeness (QED) is 0.102. The Morgan fingerprint density at radius 2 is 0.592 bits per heavy atom. The van der Waals surface area contributed by atoms with Gasteiger partial charge in [-0.2, -0.15) is 22.5 Å². The monoisotopic (exact) mass is 1850 g/mol. The highest BCUT2D eigenvalue weighted by molar-refractivity contribution is 6.16. The van der Waals surface area contributed by atoms with E-state index >= 15 is 0 Å². The van der Waals surface area contributed by atoms with Crippen LogP contribution in [0.15, 0.2) is 383 Å². The van der Waals surface area contributed by atoms with Crippen molar-refractivity contribution in [3.8, 4) is 62.2 Å². The normalized spacial score (nSPS) is 13.2. The van der Waals surface area contributed by atoms with Crippen molar-refractivity contribution in [1.29, 1.82) is 0 Å². The zero-order valence-electron chi connectivity index (χ0n) is 84.6. The maximum atomic E-state index is 2.61. The number of aryl methyl sites for hydroxylation is 11. The summed E-state index contributed by atoms with van der Waals surface area (Å²) in [6.45, 7) is 20.0. The molecule has 2 saturated carbocycles. The van der Waals surface area contributed by atoms with Crippen LogP contribution in [-0.2, 0) is 40.7 Å². The van der Waals surface area contributed by atoms with Gasteiger partial charge in [-0.3, -0.25) is 0 Å². The molecule has 2 aliphatic rings. The Kier molecular flexibility index (Phi) is 24.6. The Morgan fingerprint density at radius 3 is 1.01 bits per heavy atom. The maximum absolute atomic E-state index is 2.61. The maximum Gasteiger partial charge on any atom is 0.295 e. The van der Waals surface area contributed by atoms with Gasteiger partial charge in [-0.1, -0.05) is 308 Å². The molecular weight excluding hydrogens is 1730 g/mol. The van der Waals surface area contributed by atoms with Gasteiger partial charge in [0.25, 0.3) is 28.7 Å². The van der Waals surface area contributed by atoms with E-state index in [-0.39, 0.29) is 5.41 Å². The minimum absolute atomic E-state index is 0.122. The molecular formula is C132H127N10+5. The number of pyridine rings is 5. The number of hydrogen-bond donors (Lipinski definition) is 0. The van der Waals surface area contributed by atoms with E-state index in [1.165, 1.54) is 280 Å². The van der Waals surface area contributed by atoms with Gasteiger partial charge in [-0.05, 0) is 242 Å². The van der Waals surface area contributed by atoms with Crippen LogP contribution in [0.3, 0.4) is 0 Å². The van der Waals surface area contributed by atoms with E-state index in [0.717, 1.165) is 0 Å². The summed E-state index contributed by atoms with van der Waals surface area (Å²) in [6, 6.07) is 128. The Labute approximate surface area is 833 Å². The van der Waals surface area contributed by atoms with Crippen molar-refractivity contribution in [2.75, 3.05) is 0 Å². The third kappa shape index (κ3) is 16.3. The summed E-state index contributed by atoms with van der Waals surface area (Å²) < 4.78 is 23.5. The fourth-order valence-electron chi connectivity index (χ4n) is 23.8. The standard InChI is InChI=1S/C35H39N2.C35H27N2.C23H25N2.C20H19N2.C19H17N2/c2*1-24-13-11-21-30-29-18-9-10-22-31(29)37-32(23-36(2)35(37)33(24)30)34-27(25-14-5-3-6-15-25)19-12-20-28(34)26-16-7-4-8-17-26;1-16-9-8-11-19-18-10-6-7-12-20(18)25(22(16)19)21-15-17(23(2,3)4)13-14-24(21)5;1-14-11-12-21(3)19(13-14)22-18-10-5-4-8-16(18)17-9-6-7-15(2)20(17)22;1-14-8-7-10-16-15-9-3-4-11-17(15)21(19(14)16)18-12-5-6-13-20(18)2/h9-13,18-23,25-26H,3-8,14-17H2,1-2H3;3-23H,1-2H3;6-15H,1-5H3;4-13H,1-3H3;3-13H,1-2H3/q5*+1. The fraction of sp³-hybridized carbons (Fsp3) is 0.205. The van der Waals surface area contributed by atoms with Crippen LogP contribution in [0.25, 0.3) is 182 Å². The number of para-hydroxylation sites is 8. The first-order chi connectivity index (χ1) is 69.3. The number of hydrogen-bond acceptors (Lipinski definition) is 0. The van der Waals surface area contributed by atoms with Gasteiger partial charge in [0, 0.05) is 83.2 Å². The molecule has 24 aromatic rings. The summed E-state index contributed by atoms with van der Waals surface area (Å²) in [4.78, 5) is 0. The highest BCUT2D eigenvalue weighted by Gasteiger charge is 2.35. The van der Waals surface area contributed by atoms with Crippen LogP contribution in [0.2, 0.25) is 0 Å². The second kappa shape index (κ2) is 38.2. The molecule has 0 unspecified atom stereocenters. The number of aromatic nitrogens is 10. The Morgan fingerprint density at radius 1 is 0.261 bits per heavy atom. The lowest BCUT2D eigenvalue weighted by atomic mass is 9.76. The zero-order valence-corrected chi connectivity index (χ0v) is 84.6. The first kappa shape index (κ1) is 91.4. The first-order valence-electron chi connectivity index (χ1n) is 51.1. The van der Waals surface area contributed by atoms with Gasteiger partial charge < -0.3 is 0 Å². The summed E-state index contributed by atoms with van der Waals surface area (Å²) in [7, 11) is 10.7. The van der Waals surface area contributed by atoms with Gasteiger partial charge >= 0.3 is 0 Å². The molecule has 2 fully saturated rings. The smallest absolute Gasteiger partial charge is 0.237 e. The predicted octanol–water partition coefficient (Wildman–Crippen LogP) is 30.9. The summed E-state index contributed by atoms with van der Waals surface area (Å²) in [5.41, 5.74) is 35.5. The van der Waals surface area contributed by atoms with Gasteiger partial charge in [-0.25, -0.2) is 22.8 Å². The van der Waals surface area contributed by atoms with Crippen molar-refractivity contribution < 1.29 is 22.8 Å². The third-order valence-electron chi connectivity index (χ3n) is 30.7. The van der Waals surface area contributed by atoms with E-state index < -0.39 is 0 Å². The molecule has 700 valence electrons. The van der Waals surface area contributed by atoms with E-state index in [1.54, 1.807) is 16.7 Å². The molecule has 0 spiro atoms. The van der Waals surface area contributed by atoms with Crippen LogP contribution >= 0.6 is 0 Å². The predicted molar refractivity (Wildman–Crippen MR) is 594 cm³/mol. The van der Waals surface area contributed by atoms with Crippen molar-refractivity contribution in [2.45, 2.75) is 144 Å². The SMILES string of the molecule is Cc1cc[n+](C)c(-n2c3ccccc3c3cccc(C)c32)c1.Cc1cccc2c3ccccc3n(-c3cc(C(C)(C)C)cc[n+]3C)c12.Cc1cccc2c3ccccc3n(-c3cccc[n+]3C)c12.Cc1cccc2c3ccccc3n3c(-c4c(-c5ccccc5)cccc4-c4ccccc4)c[n+](C)c3c12.Cc1cccc2c3ccccc3n3c(-c4c(C5CCCCC5)cccc4C4CCCCC4)c[n+](C)c3c12. The van der Waals surface area contributed by atoms with Gasteiger partial charge in [0.15, 0.2) is 11.4 Å². The molecule has 0 amide bonds. The second-order valence-corrected chi connectivity index (χ2v) is 41.0. The molecule has 0 saturated heterocycles. The number of nitrogens with zero attached hydrogens (tertiary/aromatic N) is 10. The topological polar surface area (TPSA) is 43.0 Å². The second-order valence-electron chi connectivity index (χ2n) is 41.0. The van der Waals surface area contributed by atoms with E-state index in [0.29, 0.717) is 11.8 Å². The molecule has 10 aromatic heterocycles. The molecule has 0 atom stereocenters. The van der Waals surface area contributed by atoms with Gasteiger partial charge in [-0.15, -0.1) is 0 Å². The van der Waals surface area contributed by atoms with Crippen LogP contribution in [0.1, 0.15) is 147 Å². The highest BCUT2D eigenvalue weighted by atomic mass is 15.2. The lowest BCUT2D eigenvalue weighted by Crippen LogP contribution is -2.34. The van der Waals surface area contributed by atoms with Gasteiger partial charge in [0.05, 0.1) is 64.6 Å². The minimum atomic E-state index is 0.122. The van der Waals surface area contributed by atoms with Crippen LogP contribution in [0.4, 0.5) is 0 Å². The van der Waals surface area contributed by atoms with Crippen molar-refractivity contribution in [3.63, 3.8) is 0 Å². The Bertz CT molecular complexity index is 8890. The van der Waals surface area contributed by atoms with E-state index in [4.69, 9.17) is 0 Å². The summed E-state index contributed by atoms with van der Waals surface area (Å²) >= 11 is 0. The van der Waals surface area contributed by atoms with Crippen LogP contribution in [-0.4, -0.2) is 22.5 Å². The third-order valence-corrected chi connectivity index (χ3v) is 30.7. The van der Waals surface area contributed by atoms with Crippen molar-refractivity contribution in [1.82, 2.24) is 22.5 Å². The van der Waals surface area contributed by atoms with Crippen LogP contribution < -0.4 is 22.8 Å². The molecule has 10 heterocycles. The fourth-order valence-corrected chi connectivity index (χ4v) is 23.8. The van der Waals surface area contributed by atoms with Crippen molar-refractivity contribution >= 4 is 120 Å². The number of imidazole rings is 2. The van der Waals surface area contributed by atoms with Crippen molar-refractivity contribution in [3.05, 3.63) is 433 Å². The highest BCUT2D eigenvalue weighted by Crippen LogP contribution is 2.49. The molecule has 14 aromatic carbocycles. The molecule has 0 bridgehead atoms. The molecule has 2 aliphatic carbocycles. The molecule has 0 aliphatic heterocycles. The summed E-state index contributed by atoms with van der Waals surface area (Å²) in [5, 5.41) is 15.8. The minimum Gasteiger partial charge on any atom is -0.237 e. The Hall–Kier alpha value is -15.7. The van der Waals surface area contributed by atoms with E-state index in [9.17, 15) is 0 Å². The average Bonchev–Trinajstić information content (AvgIpc) is 1.52. The largest absolute Gasteiger partial charge is 0.295 e. The molecule has 142 heavy (non-hydrogen) atoms. The average molecular weight is 1850 g/mol. The summed E-state index contributed by atoms with van der Waals surface area (Å²) in [6.07, 6.45) is 24.7. The Balaban J connectivity index is 0.000000104. The van der Waals surface area contributed by atoms with Crippen LogP contribution in [0.5, 0.6) is 0 Å². The van der Waals surface area contributed by atoms with Gasteiger partial charge in [0.1, 0.15) is 56.5 Å². The van der Waals surface area contributed by atoms with Crippen LogP contribution in [0, 0.1) is 41.5 Å². The lowest BCUT2D eigenvalue weighted by molar-refractivity contribution is -0.665. The number of benzene rings is 14. The van der Waals surface area contributed by atoms with E-state index in [1.807, 2.05) is 0 Å². The number of fused-ring (bicyclic) bond motifs is 21. The number of rotatable bonds is 9. The molecule has 10 heteroatoms. The zero-order chi connectivity index (χ0) is 97.3. The molecule has 26 rings (SSSR count). The molecule has 10 nitrogen and oxygen atoms in total. The summed E-state index contributed by atoms with van der Waals surface area (Å²) in [5.74, 6) is 4.93. The van der Waals surface area contributed by atoms with Crippen molar-refractivity contribution in [2.24, 2.45) is 35.2 Å². The van der Waals surface area contributed by atoms with Gasteiger partial charge in [0.2, 0.25) is 0 Å². The first-order valence-corrected chi connectivity index (χ1v) is 51.1. The molecule has 0 radical (unpaired) electrons. The molecule has 0 N–H and O–H groups in total. The lowest BCUT2D eigenvalue weighted by Gasteiger charge is -2.29. The van der Waals surface area contributed by atoms with E-state index in [2.05, 4.69) is 526 Å².